The van der Waals surface area contributed by atoms with Crippen molar-refractivity contribution in [2.75, 3.05) is 5.32 Å². The third-order valence-corrected chi connectivity index (χ3v) is 6.43. The largest absolute Gasteiger partial charge is 0.456 e. The Balaban J connectivity index is 1.65. The maximum atomic E-state index is 13.2. The van der Waals surface area contributed by atoms with Gasteiger partial charge in [0.1, 0.15) is 17.3 Å². The molecule has 192 valence electrons. The molecule has 0 saturated heterocycles. The molecule has 0 bridgehead atoms. The fraction of sp³-hybridized carbons (Fsp3) is 0. The van der Waals surface area contributed by atoms with Gasteiger partial charge in [0.15, 0.2) is 0 Å². The summed E-state index contributed by atoms with van der Waals surface area (Å²) in [6.45, 7) is 0. The number of nitrogens with one attached hydrogen (secondary N) is 2. The molecule has 0 saturated carbocycles. The molecule has 0 spiro atoms. The molecule has 11 nitrogen and oxygen atoms in total. The number of hydrogen-bond donors (Lipinski definition) is 4. The van der Waals surface area contributed by atoms with Gasteiger partial charge in [-0.05, 0) is 42.0 Å². The van der Waals surface area contributed by atoms with Gasteiger partial charge in [-0.1, -0.05) is 42.5 Å². The van der Waals surface area contributed by atoms with Crippen LogP contribution in [0.3, 0.4) is 0 Å². The van der Waals surface area contributed by atoms with Crippen LogP contribution < -0.4 is 20.9 Å². The van der Waals surface area contributed by atoms with Crippen molar-refractivity contribution in [1.82, 2.24) is 0 Å². The van der Waals surface area contributed by atoms with Gasteiger partial charge in [0.25, 0.3) is 11.6 Å². The van der Waals surface area contributed by atoms with Crippen molar-refractivity contribution < 1.29 is 22.9 Å². The van der Waals surface area contributed by atoms with Crippen LogP contribution in [-0.2, 0) is 10.0 Å². The van der Waals surface area contributed by atoms with Gasteiger partial charge < -0.3 is 15.8 Å². The van der Waals surface area contributed by atoms with E-state index in [0.29, 0.717) is 16.8 Å². The lowest BCUT2D eigenvalue weighted by atomic mass is 10.1. The molecule has 4 aromatic rings. The average Bonchev–Trinajstić information content (AvgIpc) is 2.89. The van der Waals surface area contributed by atoms with Crippen molar-refractivity contribution in [2.45, 2.75) is 4.90 Å². The van der Waals surface area contributed by atoms with Crippen LogP contribution in [0.2, 0.25) is 0 Å². The number of rotatable bonds is 8. The summed E-state index contributed by atoms with van der Waals surface area (Å²) in [5.74, 6) is -0.736. The lowest BCUT2D eigenvalue weighted by Gasteiger charge is -2.14. The minimum Gasteiger partial charge on any atom is -0.456 e. The molecule has 4 aromatic carbocycles. The van der Waals surface area contributed by atoms with Crippen LogP contribution in [0.4, 0.5) is 11.4 Å². The maximum Gasteiger partial charge on any atom is 0.270 e. The lowest BCUT2D eigenvalue weighted by molar-refractivity contribution is -0.384. The molecule has 0 aliphatic carbocycles. The zero-order valence-corrected chi connectivity index (χ0v) is 20.4. The second-order valence-electron chi connectivity index (χ2n) is 8.02. The summed E-state index contributed by atoms with van der Waals surface area (Å²) in [5.41, 5.74) is 6.74. The summed E-state index contributed by atoms with van der Waals surface area (Å²) in [5, 5.41) is 27.1. The predicted octanol–water partition coefficient (Wildman–Crippen LogP) is 4.24. The van der Waals surface area contributed by atoms with E-state index in [1.165, 1.54) is 18.2 Å². The molecular weight excluding hydrogens is 510 g/mol. The quantitative estimate of drug-likeness (QED) is 0.113. The summed E-state index contributed by atoms with van der Waals surface area (Å²) in [6, 6.07) is 22.6. The van der Waals surface area contributed by atoms with Crippen LogP contribution in [0.15, 0.2) is 95.9 Å². The van der Waals surface area contributed by atoms with Gasteiger partial charge in [-0.2, -0.15) is 0 Å². The highest BCUT2D eigenvalue weighted by atomic mass is 32.2. The first-order valence-electron chi connectivity index (χ1n) is 11.0. The van der Waals surface area contributed by atoms with Crippen molar-refractivity contribution in [3.63, 3.8) is 0 Å². The van der Waals surface area contributed by atoms with Crippen molar-refractivity contribution in [3.05, 3.63) is 112 Å². The summed E-state index contributed by atoms with van der Waals surface area (Å²) in [4.78, 5) is 23.9. The Hall–Kier alpha value is -5.07. The molecule has 4 rings (SSSR count). The number of amides is 1. The molecule has 0 atom stereocenters. The smallest absolute Gasteiger partial charge is 0.270 e. The minimum absolute atomic E-state index is 0.0144. The highest BCUT2D eigenvalue weighted by molar-refractivity contribution is 7.89. The van der Waals surface area contributed by atoms with Gasteiger partial charge in [0.2, 0.25) is 10.0 Å². The Kier molecular flexibility index (Phi) is 7.19. The van der Waals surface area contributed by atoms with Crippen LogP contribution in [-0.4, -0.2) is 25.1 Å². The van der Waals surface area contributed by atoms with Crippen LogP contribution >= 0.6 is 0 Å². The minimum atomic E-state index is -3.96. The van der Waals surface area contributed by atoms with Gasteiger partial charge in [-0.25, -0.2) is 13.6 Å². The summed E-state index contributed by atoms with van der Waals surface area (Å²) < 4.78 is 29.7. The molecule has 1 amide bonds. The number of nitrogens with two attached hydrogens (primary N) is 2. The molecule has 0 aromatic heterocycles. The number of nitro groups is 1. The molecule has 12 heteroatoms. The first-order chi connectivity index (χ1) is 18.0. The molecule has 0 aliphatic rings. The Morgan fingerprint density at radius 2 is 1.53 bits per heavy atom. The van der Waals surface area contributed by atoms with Crippen LogP contribution in [0.25, 0.3) is 11.1 Å². The van der Waals surface area contributed by atoms with Crippen molar-refractivity contribution in [3.8, 4) is 22.6 Å². The number of nitrogens with zero attached hydrogens (tertiary/aromatic N) is 1. The topological polar surface area (TPSA) is 192 Å². The van der Waals surface area contributed by atoms with Gasteiger partial charge in [-0.3, -0.25) is 20.3 Å². The van der Waals surface area contributed by atoms with E-state index in [9.17, 15) is 23.3 Å². The zero-order valence-electron chi connectivity index (χ0n) is 19.6. The third-order valence-electron chi connectivity index (χ3n) is 5.46. The molecule has 0 unspecified atom stereocenters. The number of primary sulfonamides is 1. The van der Waals surface area contributed by atoms with Crippen molar-refractivity contribution in [1.29, 1.82) is 5.41 Å². The van der Waals surface area contributed by atoms with E-state index in [1.807, 2.05) is 0 Å². The van der Waals surface area contributed by atoms with Crippen molar-refractivity contribution in [2.24, 2.45) is 10.9 Å². The standard InChI is InChI=1S/C26H21N5O6S/c27-25(28)20-6-1-3-7-22(20)37-23-14-13-18(31(33)34)15-21(23)26(32)30-17-11-9-16(10-12-17)19-5-2-4-8-24(19)38(29,35)36/h1-15H,(H3,27,28)(H,30,32)(H2,29,35,36). The number of anilines is 1. The summed E-state index contributed by atoms with van der Waals surface area (Å²) in [7, 11) is -3.96. The Labute approximate surface area is 217 Å². The zero-order chi connectivity index (χ0) is 27.4. The van der Waals surface area contributed by atoms with E-state index < -0.39 is 20.9 Å². The van der Waals surface area contributed by atoms with Gasteiger partial charge in [0.05, 0.1) is 20.9 Å². The summed E-state index contributed by atoms with van der Waals surface area (Å²) >= 11 is 0. The fourth-order valence-electron chi connectivity index (χ4n) is 3.68. The number of non-ortho nitro benzene ring substituents is 1. The van der Waals surface area contributed by atoms with E-state index in [4.69, 9.17) is 21.0 Å². The maximum absolute atomic E-state index is 13.2. The molecule has 0 aliphatic heterocycles. The molecule has 6 N–H and O–H groups in total. The Morgan fingerprint density at radius 3 is 2.18 bits per heavy atom. The third kappa shape index (κ3) is 5.67. The van der Waals surface area contributed by atoms with Crippen LogP contribution in [0, 0.1) is 15.5 Å². The second kappa shape index (κ2) is 10.5. The lowest BCUT2D eigenvalue weighted by Crippen LogP contribution is -2.15. The van der Waals surface area contributed by atoms with Crippen molar-refractivity contribution >= 4 is 33.1 Å². The van der Waals surface area contributed by atoms with Gasteiger partial charge >= 0.3 is 0 Å². The number of para-hydroxylation sites is 1. The number of nitrogen functional groups attached to an aromatic ring is 1. The number of amidine groups is 1. The van der Waals surface area contributed by atoms with E-state index in [2.05, 4.69) is 5.32 Å². The first kappa shape index (κ1) is 26.0. The normalized spacial score (nSPS) is 11.0. The van der Waals surface area contributed by atoms with Gasteiger partial charge in [-0.15, -0.1) is 0 Å². The number of carbonyl (C=O) groups is 1. The number of ether oxygens (including phenoxy) is 1. The first-order valence-corrected chi connectivity index (χ1v) is 12.5. The Morgan fingerprint density at radius 1 is 0.895 bits per heavy atom. The molecule has 0 heterocycles. The Bertz CT molecular complexity index is 1670. The predicted molar refractivity (Wildman–Crippen MR) is 142 cm³/mol. The van der Waals surface area contributed by atoms with E-state index in [-0.39, 0.29) is 39.0 Å². The number of nitro benzene ring substituents is 1. The second-order valence-corrected chi connectivity index (χ2v) is 9.55. The van der Waals surface area contributed by atoms with E-state index >= 15 is 0 Å². The molecule has 38 heavy (non-hydrogen) atoms. The monoisotopic (exact) mass is 531 g/mol. The van der Waals surface area contributed by atoms with E-state index in [1.54, 1.807) is 66.7 Å². The molecule has 0 fully saturated rings. The highest BCUT2D eigenvalue weighted by Gasteiger charge is 2.20. The van der Waals surface area contributed by atoms with Crippen LogP contribution in [0.5, 0.6) is 11.5 Å². The number of benzene rings is 4. The number of sulfonamides is 1. The van der Waals surface area contributed by atoms with E-state index in [0.717, 1.165) is 6.07 Å². The molecule has 0 radical (unpaired) electrons. The van der Waals surface area contributed by atoms with Gasteiger partial charge in [0, 0.05) is 23.4 Å². The fourth-order valence-corrected chi connectivity index (χ4v) is 4.44. The SMILES string of the molecule is N=C(N)c1ccccc1Oc1ccc([N+](=O)[O-])cc1C(=O)Nc1ccc(-c2ccccc2S(N)(=O)=O)cc1. The average molecular weight is 532 g/mol. The number of hydrogen-bond acceptors (Lipinski definition) is 7. The highest BCUT2D eigenvalue weighted by Crippen LogP contribution is 2.32. The molecular formula is C26H21N5O6S. The summed E-state index contributed by atoms with van der Waals surface area (Å²) in [6.07, 6.45) is 0. The van der Waals surface area contributed by atoms with Crippen LogP contribution in [0.1, 0.15) is 15.9 Å². The number of carbonyl (C=O) groups excluding carboxylic acids is 1.